The first-order valence-electron chi connectivity index (χ1n) is 9.27. The summed E-state index contributed by atoms with van der Waals surface area (Å²) >= 11 is 1.66. The molecule has 140 valence electrons. The van der Waals surface area contributed by atoms with Gasteiger partial charge in [-0.25, -0.2) is 4.98 Å². The summed E-state index contributed by atoms with van der Waals surface area (Å²) in [6.07, 6.45) is 4.19. The Morgan fingerprint density at radius 3 is 2.78 bits per heavy atom. The number of carbonyl (C=O) groups excluding carboxylic acids is 1. The number of H-pyrrole nitrogens is 1. The minimum Gasteiger partial charge on any atom is -0.497 e. The predicted molar refractivity (Wildman–Crippen MR) is 110 cm³/mol. The van der Waals surface area contributed by atoms with Gasteiger partial charge in [0.25, 0.3) is 0 Å². The van der Waals surface area contributed by atoms with Crippen LogP contribution in [0.1, 0.15) is 37.4 Å². The number of carbonyl (C=O) groups is 1. The van der Waals surface area contributed by atoms with Gasteiger partial charge in [0.1, 0.15) is 11.6 Å². The third-order valence-corrected chi connectivity index (χ3v) is 5.95. The number of hydrogen-bond acceptors (Lipinski definition) is 4. The van der Waals surface area contributed by atoms with Crippen LogP contribution < -0.4 is 10.1 Å². The van der Waals surface area contributed by atoms with E-state index in [-0.39, 0.29) is 5.91 Å². The number of fused-ring (bicyclic) bond motifs is 1. The van der Waals surface area contributed by atoms with Crippen LogP contribution in [0.25, 0.3) is 11.0 Å². The van der Waals surface area contributed by atoms with Gasteiger partial charge in [0.15, 0.2) is 0 Å². The molecular formula is C21H23N3O2S. The standard InChI is InChI=1S/C21H23N3O2S/c1-26-16-6-8-17(9-7-16)27-12-11-20(25)22-15-5-10-18-19(13-15)24-21(23-18)14-3-2-4-14/h5-10,13-14H,2-4,11-12H2,1H3,(H,22,25)(H,23,24). The number of amides is 1. The first kappa shape index (κ1) is 17.9. The fourth-order valence-electron chi connectivity index (χ4n) is 3.14. The van der Waals surface area contributed by atoms with Crippen molar-refractivity contribution in [2.75, 3.05) is 18.2 Å². The molecule has 1 saturated carbocycles. The summed E-state index contributed by atoms with van der Waals surface area (Å²) in [6.45, 7) is 0. The lowest BCUT2D eigenvalue weighted by atomic mass is 9.85. The first-order valence-corrected chi connectivity index (χ1v) is 10.3. The van der Waals surface area contributed by atoms with Crippen LogP contribution in [0.4, 0.5) is 5.69 Å². The highest BCUT2D eigenvalue weighted by atomic mass is 32.2. The Hall–Kier alpha value is -2.47. The highest BCUT2D eigenvalue weighted by Gasteiger charge is 2.22. The van der Waals surface area contributed by atoms with Gasteiger partial charge in [-0.1, -0.05) is 6.42 Å². The molecular weight excluding hydrogens is 358 g/mol. The molecule has 3 aromatic rings. The molecule has 0 aliphatic heterocycles. The van der Waals surface area contributed by atoms with Crippen molar-refractivity contribution in [3.8, 4) is 5.75 Å². The van der Waals surface area contributed by atoms with Crippen molar-refractivity contribution in [1.82, 2.24) is 9.97 Å². The van der Waals surface area contributed by atoms with E-state index in [1.165, 1.54) is 19.3 Å². The van der Waals surface area contributed by atoms with Crippen LogP contribution in [0.5, 0.6) is 5.75 Å². The maximum atomic E-state index is 12.2. The van der Waals surface area contributed by atoms with Crippen LogP contribution >= 0.6 is 11.8 Å². The van der Waals surface area contributed by atoms with Gasteiger partial charge < -0.3 is 15.0 Å². The van der Waals surface area contributed by atoms with E-state index in [1.54, 1.807) is 18.9 Å². The summed E-state index contributed by atoms with van der Waals surface area (Å²) in [4.78, 5) is 21.4. The van der Waals surface area contributed by atoms with Gasteiger partial charge in [-0.3, -0.25) is 4.79 Å². The van der Waals surface area contributed by atoms with Gasteiger partial charge >= 0.3 is 0 Å². The average Bonchev–Trinajstić information content (AvgIpc) is 3.03. The number of nitrogens with one attached hydrogen (secondary N) is 2. The number of thioether (sulfide) groups is 1. The van der Waals surface area contributed by atoms with Crippen LogP contribution in [0.15, 0.2) is 47.4 Å². The van der Waals surface area contributed by atoms with E-state index in [0.717, 1.165) is 38.9 Å². The van der Waals surface area contributed by atoms with Crippen molar-refractivity contribution in [3.05, 3.63) is 48.3 Å². The lowest BCUT2D eigenvalue weighted by Crippen LogP contribution is -2.12. The summed E-state index contributed by atoms with van der Waals surface area (Å²) in [5.41, 5.74) is 2.76. The van der Waals surface area contributed by atoms with Crippen LogP contribution in [0.2, 0.25) is 0 Å². The Morgan fingerprint density at radius 2 is 2.07 bits per heavy atom. The molecule has 0 radical (unpaired) electrons. The van der Waals surface area contributed by atoms with Gasteiger partial charge in [0, 0.05) is 28.7 Å². The quantitative estimate of drug-likeness (QED) is 0.568. The summed E-state index contributed by atoms with van der Waals surface area (Å²) < 4.78 is 5.15. The van der Waals surface area contributed by atoms with Crippen molar-refractivity contribution in [3.63, 3.8) is 0 Å². The topological polar surface area (TPSA) is 67.0 Å². The number of ether oxygens (including phenoxy) is 1. The minimum atomic E-state index is 0.0223. The van der Waals surface area contributed by atoms with Crippen molar-refractivity contribution in [2.24, 2.45) is 0 Å². The number of imidazole rings is 1. The number of aromatic amines is 1. The minimum absolute atomic E-state index is 0.0223. The fourth-order valence-corrected chi connectivity index (χ4v) is 3.99. The van der Waals surface area contributed by atoms with Crippen molar-refractivity contribution in [1.29, 1.82) is 0 Å². The smallest absolute Gasteiger partial charge is 0.225 e. The third-order valence-electron chi connectivity index (χ3n) is 4.93. The number of methoxy groups -OCH3 is 1. The average molecular weight is 382 g/mol. The molecule has 6 heteroatoms. The second-order valence-electron chi connectivity index (χ2n) is 6.80. The molecule has 0 bridgehead atoms. The van der Waals surface area contributed by atoms with Gasteiger partial charge in [0.05, 0.1) is 18.1 Å². The van der Waals surface area contributed by atoms with Gasteiger partial charge in [-0.05, 0) is 55.3 Å². The van der Waals surface area contributed by atoms with Crippen molar-refractivity contribution < 1.29 is 9.53 Å². The zero-order valence-electron chi connectivity index (χ0n) is 15.3. The number of anilines is 1. The Kier molecular flexibility index (Phi) is 5.34. The number of aromatic nitrogens is 2. The summed E-state index contributed by atoms with van der Waals surface area (Å²) in [5.74, 6) is 3.25. The molecule has 1 aliphatic rings. The van der Waals surface area contributed by atoms with E-state index in [9.17, 15) is 4.79 Å². The Balaban J connectivity index is 1.30. The lowest BCUT2D eigenvalue weighted by Gasteiger charge is -2.22. The first-order chi connectivity index (χ1) is 13.2. The van der Waals surface area contributed by atoms with E-state index in [2.05, 4.69) is 15.3 Å². The maximum Gasteiger partial charge on any atom is 0.225 e. The van der Waals surface area contributed by atoms with Crippen LogP contribution in [0, 0.1) is 0 Å². The molecule has 1 fully saturated rings. The molecule has 5 nitrogen and oxygen atoms in total. The molecule has 27 heavy (non-hydrogen) atoms. The monoisotopic (exact) mass is 381 g/mol. The predicted octanol–water partition coefficient (Wildman–Crippen LogP) is 4.96. The molecule has 2 aromatic carbocycles. The molecule has 0 unspecified atom stereocenters. The molecule has 0 saturated heterocycles. The van der Waals surface area contributed by atoms with Crippen molar-refractivity contribution >= 4 is 34.4 Å². The zero-order valence-corrected chi connectivity index (χ0v) is 16.1. The third kappa shape index (κ3) is 4.27. The van der Waals surface area contributed by atoms with Crippen molar-refractivity contribution in [2.45, 2.75) is 36.5 Å². The second-order valence-corrected chi connectivity index (χ2v) is 7.97. The van der Waals surface area contributed by atoms with E-state index in [1.807, 2.05) is 42.5 Å². The van der Waals surface area contributed by atoms with Gasteiger partial charge in [-0.2, -0.15) is 0 Å². The maximum absolute atomic E-state index is 12.2. The van der Waals surface area contributed by atoms with Crippen LogP contribution in [-0.2, 0) is 4.79 Å². The highest BCUT2D eigenvalue weighted by Crippen LogP contribution is 2.35. The van der Waals surface area contributed by atoms with Gasteiger partial charge in [0.2, 0.25) is 5.91 Å². The van der Waals surface area contributed by atoms with E-state index in [4.69, 9.17) is 4.74 Å². The molecule has 1 aromatic heterocycles. The summed E-state index contributed by atoms with van der Waals surface area (Å²) in [5, 5.41) is 2.98. The molecule has 2 N–H and O–H groups in total. The zero-order chi connectivity index (χ0) is 18.6. The highest BCUT2D eigenvalue weighted by molar-refractivity contribution is 7.99. The molecule has 1 amide bonds. The number of hydrogen-bond donors (Lipinski definition) is 2. The Labute approximate surface area is 162 Å². The number of benzene rings is 2. The van der Waals surface area contributed by atoms with E-state index < -0.39 is 0 Å². The van der Waals surface area contributed by atoms with E-state index >= 15 is 0 Å². The van der Waals surface area contributed by atoms with Crippen LogP contribution in [-0.4, -0.2) is 28.7 Å². The molecule has 4 rings (SSSR count). The largest absolute Gasteiger partial charge is 0.497 e. The van der Waals surface area contributed by atoms with Crippen LogP contribution in [0.3, 0.4) is 0 Å². The summed E-state index contributed by atoms with van der Waals surface area (Å²) in [7, 11) is 1.65. The fraction of sp³-hybridized carbons (Fsp3) is 0.333. The Bertz CT molecular complexity index is 932. The molecule has 1 heterocycles. The van der Waals surface area contributed by atoms with Gasteiger partial charge in [-0.15, -0.1) is 11.8 Å². The molecule has 1 aliphatic carbocycles. The number of nitrogens with zero attached hydrogens (tertiary/aromatic N) is 1. The Morgan fingerprint density at radius 1 is 1.26 bits per heavy atom. The molecule has 0 atom stereocenters. The SMILES string of the molecule is COc1ccc(SCCC(=O)Nc2ccc3nc(C4CCC4)[nH]c3c2)cc1. The summed E-state index contributed by atoms with van der Waals surface area (Å²) in [6, 6.07) is 13.7. The normalized spacial score (nSPS) is 14.1. The number of rotatable bonds is 7. The molecule has 0 spiro atoms. The van der Waals surface area contributed by atoms with E-state index in [0.29, 0.717) is 12.3 Å². The lowest BCUT2D eigenvalue weighted by molar-refractivity contribution is -0.115. The second kappa shape index (κ2) is 8.05.